The molecule has 1 aliphatic heterocycles. The van der Waals surface area contributed by atoms with Crippen LogP contribution in [0.3, 0.4) is 0 Å². The number of sulfonamides is 1. The maximum absolute atomic E-state index is 12.8. The highest BCUT2D eigenvalue weighted by molar-refractivity contribution is 7.89. The topological polar surface area (TPSA) is 83.6 Å². The zero-order valence-corrected chi connectivity index (χ0v) is 16.1. The van der Waals surface area contributed by atoms with E-state index in [2.05, 4.69) is 0 Å². The average molecular weight is 378 g/mol. The Morgan fingerprint density at radius 3 is 2.23 bits per heavy atom. The van der Waals surface area contributed by atoms with Crippen LogP contribution < -0.4 is 4.72 Å². The van der Waals surface area contributed by atoms with E-state index in [-0.39, 0.29) is 5.91 Å². The van der Waals surface area contributed by atoms with E-state index in [1.165, 1.54) is 42.6 Å². The lowest BCUT2D eigenvalue weighted by Crippen LogP contribution is -2.67. The maximum Gasteiger partial charge on any atom is 0.259 e. The fourth-order valence-corrected chi connectivity index (χ4v) is 4.45. The number of likely N-dealkylation sites (tertiary alicyclic amines) is 1. The van der Waals surface area contributed by atoms with Crippen LogP contribution in [0.1, 0.15) is 67.3 Å². The fraction of sp³-hybridized carbons (Fsp3) is 0.579. The first-order valence-corrected chi connectivity index (χ1v) is 11.0. The molecule has 3 rings (SSSR count). The summed E-state index contributed by atoms with van der Waals surface area (Å²) in [5, 5.41) is 0. The fourth-order valence-electron chi connectivity index (χ4n) is 3.89. The number of rotatable bonds is 4. The minimum Gasteiger partial charge on any atom is -0.324 e. The molecular formula is C19H26N2O4S. The lowest BCUT2D eigenvalue weighted by atomic mass is 9.83. The van der Waals surface area contributed by atoms with Gasteiger partial charge in [-0.05, 0) is 49.8 Å². The van der Waals surface area contributed by atoms with Crippen molar-refractivity contribution in [1.82, 2.24) is 9.62 Å². The van der Waals surface area contributed by atoms with Crippen LogP contribution in [0.15, 0.2) is 24.3 Å². The monoisotopic (exact) mass is 378 g/mol. The molecule has 2 amide bonds. The molecule has 1 unspecified atom stereocenters. The maximum atomic E-state index is 12.8. The Labute approximate surface area is 155 Å². The van der Waals surface area contributed by atoms with Crippen molar-refractivity contribution in [2.75, 3.05) is 12.8 Å². The van der Waals surface area contributed by atoms with E-state index in [0.29, 0.717) is 24.4 Å². The number of hydrogen-bond donors (Lipinski definition) is 1. The molecule has 7 heteroatoms. The number of carbonyl (C=O) groups is 2. The number of carbonyl (C=O) groups excluding carboxylic acids is 2. The van der Waals surface area contributed by atoms with Crippen LogP contribution in [0.25, 0.3) is 0 Å². The predicted octanol–water partition coefficient (Wildman–Crippen LogP) is 2.41. The molecule has 2 aliphatic rings. The molecule has 1 atom stereocenters. The van der Waals surface area contributed by atoms with Crippen LogP contribution in [0, 0.1) is 0 Å². The van der Waals surface area contributed by atoms with Gasteiger partial charge < -0.3 is 4.90 Å². The molecule has 1 saturated carbocycles. The largest absolute Gasteiger partial charge is 0.324 e. The zero-order chi connectivity index (χ0) is 18.9. The molecule has 2 fully saturated rings. The first kappa shape index (κ1) is 18.9. The number of amides is 2. The quantitative estimate of drug-likeness (QED) is 0.872. The summed E-state index contributed by atoms with van der Waals surface area (Å²) in [7, 11) is -3.65. The summed E-state index contributed by atoms with van der Waals surface area (Å²) < 4.78 is 24.6. The van der Waals surface area contributed by atoms with Gasteiger partial charge in [0.1, 0.15) is 5.54 Å². The van der Waals surface area contributed by atoms with E-state index in [1.807, 2.05) is 29.0 Å². The second kappa shape index (κ2) is 7.02. The second-order valence-electron chi connectivity index (χ2n) is 7.64. The van der Waals surface area contributed by atoms with Gasteiger partial charge in [0.05, 0.1) is 6.26 Å². The van der Waals surface area contributed by atoms with Crippen molar-refractivity contribution >= 4 is 21.8 Å². The third kappa shape index (κ3) is 3.77. The molecule has 0 bridgehead atoms. The molecule has 142 valence electrons. The van der Waals surface area contributed by atoms with Gasteiger partial charge in [-0.2, -0.15) is 0 Å². The van der Waals surface area contributed by atoms with Gasteiger partial charge in [0.2, 0.25) is 10.0 Å². The van der Waals surface area contributed by atoms with Crippen molar-refractivity contribution in [2.45, 2.75) is 56.9 Å². The molecule has 1 saturated heterocycles. The van der Waals surface area contributed by atoms with Crippen molar-refractivity contribution in [1.29, 1.82) is 0 Å². The van der Waals surface area contributed by atoms with Gasteiger partial charge in [-0.15, -0.1) is 0 Å². The normalized spacial score (nSPS) is 24.0. The number of nitrogens with one attached hydrogen (secondary N) is 1. The molecule has 0 aromatic heterocycles. The number of hydrogen-bond acceptors (Lipinski definition) is 4. The predicted molar refractivity (Wildman–Crippen MR) is 99.3 cm³/mol. The summed E-state index contributed by atoms with van der Waals surface area (Å²) in [6.07, 6.45) is 7.59. The van der Waals surface area contributed by atoms with Crippen LogP contribution in [0.4, 0.5) is 0 Å². The van der Waals surface area contributed by atoms with Gasteiger partial charge in [0.25, 0.3) is 11.8 Å². The first-order valence-electron chi connectivity index (χ1n) is 9.15. The minimum absolute atomic E-state index is 0.238. The third-order valence-corrected chi connectivity index (χ3v) is 6.22. The van der Waals surface area contributed by atoms with Gasteiger partial charge in [-0.1, -0.05) is 31.4 Å². The number of nitrogens with zero attached hydrogens (tertiary/aromatic N) is 1. The van der Waals surface area contributed by atoms with Crippen LogP contribution in [0.2, 0.25) is 0 Å². The molecule has 0 spiro atoms. The Balaban J connectivity index is 1.71. The van der Waals surface area contributed by atoms with Gasteiger partial charge in [0, 0.05) is 12.1 Å². The summed E-state index contributed by atoms with van der Waals surface area (Å²) >= 11 is 0. The third-order valence-electron chi connectivity index (χ3n) is 5.66. The molecule has 1 aromatic rings. The molecule has 6 nitrogen and oxygen atoms in total. The van der Waals surface area contributed by atoms with Crippen LogP contribution >= 0.6 is 0 Å². The van der Waals surface area contributed by atoms with Gasteiger partial charge in [0.15, 0.2) is 0 Å². The lowest BCUT2D eigenvalue weighted by molar-refractivity contribution is -0.135. The Bertz CT molecular complexity index is 797. The summed E-state index contributed by atoms with van der Waals surface area (Å²) in [5.74, 6) is -0.321. The Hall–Kier alpha value is -1.89. The van der Waals surface area contributed by atoms with Crippen LogP contribution in [-0.2, 0) is 14.8 Å². The van der Waals surface area contributed by atoms with Crippen molar-refractivity contribution in [3.05, 3.63) is 35.4 Å². The van der Waals surface area contributed by atoms with Crippen molar-refractivity contribution < 1.29 is 18.0 Å². The van der Waals surface area contributed by atoms with Crippen molar-refractivity contribution in [2.24, 2.45) is 0 Å². The summed E-state index contributed by atoms with van der Waals surface area (Å²) in [5.41, 5.74) is 0.674. The number of benzene rings is 1. The molecule has 0 radical (unpaired) electrons. The molecule has 1 heterocycles. The molecular weight excluding hydrogens is 352 g/mol. The van der Waals surface area contributed by atoms with E-state index in [0.717, 1.165) is 6.26 Å². The zero-order valence-electron chi connectivity index (χ0n) is 15.3. The standard InChI is InChI=1S/C19H26N2O4S/c1-19(18(23)20-26(2,24)25)12-13-21(19)17(22)16-10-8-15(9-11-16)14-6-4-3-5-7-14/h8-11,14H,3-7,12-13H2,1-2H3,(H,20,23). The highest BCUT2D eigenvalue weighted by atomic mass is 32.2. The van der Waals surface area contributed by atoms with Crippen molar-refractivity contribution in [3.8, 4) is 0 Å². The minimum atomic E-state index is -3.65. The molecule has 1 aromatic carbocycles. The highest BCUT2D eigenvalue weighted by Crippen LogP contribution is 2.34. The molecule has 26 heavy (non-hydrogen) atoms. The van der Waals surface area contributed by atoms with E-state index < -0.39 is 21.5 Å². The van der Waals surface area contributed by atoms with Crippen LogP contribution in [0.5, 0.6) is 0 Å². The second-order valence-corrected chi connectivity index (χ2v) is 9.39. The van der Waals surface area contributed by atoms with E-state index in [9.17, 15) is 18.0 Å². The van der Waals surface area contributed by atoms with E-state index >= 15 is 0 Å². The van der Waals surface area contributed by atoms with Crippen molar-refractivity contribution in [3.63, 3.8) is 0 Å². The molecule has 1 aliphatic carbocycles. The average Bonchev–Trinajstić information content (AvgIpc) is 2.59. The molecule has 1 N–H and O–H groups in total. The van der Waals surface area contributed by atoms with E-state index in [1.54, 1.807) is 6.92 Å². The summed E-state index contributed by atoms with van der Waals surface area (Å²) in [6, 6.07) is 7.66. The Morgan fingerprint density at radius 2 is 1.73 bits per heavy atom. The summed E-state index contributed by atoms with van der Waals surface area (Å²) in [6.45, 7) is 2.04. The summed E-state index contributed by atoms with van der Waals surface area (Å²) in [4.78, 5) is 26.5. The lowest BCUT2D eigenvalue weighted by Gasteiger charge is -2.48. The highest BCUT2D eigenvalue weighted by Gasteiger charge is 2.50. The van der Waals surface area contributed by atoms with Gasteiger partial charge in [-0.3, -0.25) is 14.3 Å². The SMILES string of the molecule is CC1(C(=O)NS(C)(=O)=O)CCN1C(=O)c1ccc(C2CCCCC2)cc1. The van der Waals surface area contributed by atoms with Crippen LogP contribution in [-0.4, -0.2) is 43.5 Å². The Kier molecular flexibility index (Phi) is 5.10. The first-order chi connectivity index (χ1) is 12.2. The smallest absolute Gasteiger partial charge is 0.259 e. The van der Waals surface area contributed by atoms with E-state index in [4.69, 9.17) is 0 Å². The van der Waals surface area contributed by atoms with Gasteiger partial charge in [-0.25, -0.2) is 8.42 Å². The Morgan fingerprint density at radius 1 is 1.12 bits per heavy atom. The van der Waals surface area contributed by atoms with Gasteiger partial charge >= 0.3 is 0 Å².